The highest BCUT2D eigenvalue weighted by molar-refractivity contribution is 7.16. The Hall–Kier alpha value is -4.00. The van der Waals surface area contributed by atoms with Crippen LogP contribution in [-0.4, -0.2) is 63.0 Å². The van der Waals surface area contributed by atoms with Crippen molar-refractivity contribution in [3.05, 3.63) is 33.5 Å². The molecular formula is C32H38N10OS. The van der Waals surface area contributed by atoms with Crippen molar-refractivity contribution in [3.63, 3.8) is 0 Å². The van der Waals surface area contributed by atoms with Crippen molar-refractivity contribution in [2.75, 3.05) is 37.8 Å². The van der Waals surface area contributed by atoms with Gasteiger partial charge in [-0.15, -0.1) is 11.3 Å². The summed E-state index contributed by atoms with van der Waals surface area (Å²) in [6.45, 7) is 5.72. The van der Waals surface area contributed by atoms with Crippen LogP contribution in [0.5, 0.6) is 0 Å². The molecule has 0 aromatic carbocycles. The van der Waals surface area contributed by atoms with Crippen molar-refractivity contribution in [1.82, 2.24) is 29.8 Å². The first-order chi connectivity index (χ1) is 21.3. The molecule has 5 heterocycles. The minimum atomic E-state index is -0.416. The maximum absolute atomic E-state index is 10.1. The van der Waals surface area contributed by atoms with E-state index in [1.54, 1.807) is 11.3 Å². The number of hydrogen-bond donors (Lipinski definition) is 1. The molecule has 7 rings (SSSR count). The first kappa shape index (κ1) is 28.8. The van der Waals surface area contributed by atoms with Gasteiger partial charge in [-0.25, -0.2) is 14.6 Å². The molecule has 1 aliphatic heterocycles. The SMILES string of the molecule is CC(C#N)CN(C)c1nc(-c2noc3c2CCC[C@@]32CCCc3sc(N)c(C#N)c32)nc2c1cnn2[C@@H](C)[C@@H]1CCCN1C. The molecule has 228 valence electrons. The van der Waals surface area contributed by atoms with E-state index in [4.69, 9.17) is 25.3 Å². The summed E-state index contributed by atoms with van der Waals surface area (Å²) in [6.07, 6.45) is 9.61. The molecule has 0 amide bonds. The van der Waals surface area contributed by atoms with Gasteiger partial charge in [-0.3, -0.25) is 0 Å². The topological polar surface area (TPSA) is 150 Å². The highest BCUT2D eigenvalue weighted by atomic mass is 32.1. The molecular weight excluding hydrogens is 572 g/mol. The number of nitrogens with zero attached hydrogens (tertiary/aromatic N) is 9. The highest BCUT2D eigenvalue weighted by Gasteiger charge is 2.49. The Kier molecular flexibility index (Phi) is 7.10. The Labute approximate surface area is 261 Å². The lowest BCUT2D eigenvalue weighted by Gasteiger charge is -2.39. The number of nitrogens with two attached hydrogens (primary N) is 1. The van der Waals surface area contributed by atoms with Crippen LogP contribution in [0.25, 0.3) is 22.6 Å². The van der Waals surface area contributed by atoms with Gasteiger partial charge < -0.3 is 20.1 Å². The standard InChI is InChI=1S/C32H38N10OS/c1-18(14-33)17-41(4)30-22-16-36-42(19(2)23-9-7-13-40(23)3)31(22)38-29(37-30)26-20-8-5-11-32(27(20)43-39-26)12-6-10-24-25(32)21(15-34)28(35)44-24/h16,18-19,23H,5-13,17,35H2,1-4H3/t18?,19-,23-,32-/m0/s1. The lowest BCUT2D eigenvalue weighted by atomic mass is 9.63. The molecule has 1 unspecified atom stereocenters. The third-order valence-electron chi connectivity index (χ3n) is 10.2. The van der Waals surface area contributed by atoms with E-state index in [1.165, 1.54) is 11.3 Å². The third kappa shape index (κ3) is 4.30. The Morgan fingerprint density at radius 2 is 2.00 bits per heavy atom. The summed E-state index contributed by atoms with van der Waals surface area (Å²) in [5.74, 6) is 1.88. The molecule has 1 spiro atoms. The van der Waals surface area contributed by atoms with Crippen molar-refractivity contribution < 1.29 is 4.52 Å². The van der Waals surface area contributed by atoms with E-state index in [-0.39, 0.29) is 12.0 Å². The van der Waals surface area contributed by atoms with E-state index in [0.29, 0.717) is 34.7 Å². The van der Waals surface area contributed by atoms with E-state index < -0.39 is 5.41 Å². The quantitative estimate of drug-likeness (QED) is 0.308. The van der Waals surface area contributed by atoms with Gasteiger partial charge in [0.25, 0.3) is 0 Å². The number of anilines is 2. The molecule has 44 heavy (non-hydrogen) atoms. The normalized spacial score (nSPS) is 22.8. The van der Waals surface area contributed by atoms with Crippen molar-refractivity contribution in [3.8, 4) is 23.7 Å². The number of likely N-dealkylation sites (N-methyl/N-ethyl adjacent to an activating group) is 1. The summed E-state index contributed by atoms with van der Waals surface area (Å²) in [4.78, 5) is 15.9. The predicted octanol–water partition coefficient (Wildman–Crippen LogP) is 5.21. The second-order valence-corrected chi connectivity index (χ2v) is 14.1. The summed E-state index contributed by atoms with van der Waals surface area (Å²) in [5, 5.41) is 30.6. The molecule has 2 aliphatic carbocycles. The van der Waals surface area contributed by atoms with Crippen molar-refractivity contribution in [2.24, 2.45) is 5.92 Å². The Balaban J connectivity index is 1.39. The Morgan fingerprint density at radius 3 is 2.73 bits per heavy atom. The smallest absolute Gasteiger partial charge is 0.186 e. The number of nitriles is 2. The lowest BCUT2D eigenvalue weighted by Crippen LogP contribution is -2.35. The number of aromatic nitrogens is 5. The number of aryl methyl sites for hydroxylation is 1. The molecule has 0 radical (unpaired) electrons. The second kappa shape index (κ2) is 10.9. The largest absolute Gasteiger partial charge is 0.389 e. The first-order valence-corrected chi connectivity index (χ1v) is 16.5. The zero-order valence-corrected chi connectivity index (χ0v) is 26.6. The molecule has 3 aliphatic rings. The summed E-state index contributed by atoms with van der Waals surface area (Å²) in [7, 11) is 4.14. The van der Waals surface area contributed by atoms with Crippen LogP contribution >= 0.6 is 11.3 Å². The van der Waals surface area contributed by atoms with Gasteiger partial charge in [0.15, 0.2) is 22.9 Å². The molecule has 12 heteroatoms. The molecule has 4 aromatic rings. The minimum Gasteiger partial charge on any atom is -0.389 e. The highest BCUT2D eigenvalue weighted by Crippen LogP contribution is 2.55. The van der Waals surface area contributed by atoms with Gasteiger partial charge in [-0.2, -0.15) is 15.6 Å². The van der Waals surface area contributed by atoms with Gasteiger partial charge in [0.1, 0.15) is 16.9 Å². The zero-order chi connectivity index (χ0) is 30.7. The first-order valence-electron chi connectivity index (χ1n) is 15.6. The average molecular weight is 611 g/mol. The zero-order valence-electron chi connectivity index (χ0n) is 25.8. The fraction of sp³-hybridized carbons (Fsp3) is 0.562. The van der Waals surface area contributed by atoms with E-state index in [1.807, 2.05) is 29.7 Å². The van der Waals surface area contributed by atoms with Crippen LogP contribution in [0.1, 0.15) is 85.7 Å². The minimum absolute atomic E-state index is 0.113. The number of thiophene rings is 1. The fourth-order valence-electron chi connectivity index (χ4n) is 8.07. The monoisotopic (exact) mass is 610 g/mol. The number of fused-ring (bicyclic) bond motifs is 5. The summed E-state index contributed by atoms with van der Waals surface area (Å²) in [6, 6.07) is 5.22. The number of hydrogen-bond acceptors (Lipinski definition) is 11. The average Bonchev–Trinajstić information content (AvgIpc) is 3.81. The van der Waals surface area contributed by atoms with Crippen LogP contribution in [0.4, 0.5) is 10.8 Å². The van der Waals surface area contributed by atoms with E-state index in [9.17, 15) is 10.5 Å². The van der Waals surface area contributed by atoms with Crippen LogP contribution in [0.2, 0.25) is 0 Å². The maximum Gasteiger partial charge on any atom is 0.186 e. The summed E-state index contributed by atoms with van der Waals surface area (Å²) < 4.78 is 8.32. The van der Waals surface area contributed by atoms with Crippen molar-refractivity contribution in [2.45, 2.75) is 82.7 Å². The van der Waals surface area contributed by atoms with Gasteiger partial charge in [0, 0.05) is 30.1 Å². The molecule has 0 bridgehead atoms. The van der Waals surface area contributed by atoms with Crippen molar-refractivity contribution in [1.29, 1.82) is 10.5 Å². The summed E-state index contributed by atoms with van der Waals surface area (Å²) >= 11 is 1.54. The molecule has 0 saturated carbocycles. The Bertz CT molecular complexity index is 1820. The van der Waals surface area contributed by atoms with E-state index in [0.717, 1.165) is 85.2 Å². The number of rotatable bonds is 6. The van der Waals surface area contributed by atoms with Crippen molar-refractivity contribution >= 4 is 33.2 Å². The van der Waals surface area contributed by atoms with Gasteiger partial charge in [0.2, 0.25) is 0 Å². The van der Waals surface area contributed by atoms with Crippen LogP contribution in [-0.2, 0) is 18.3 Å². The van der Waals surface area contributed by atoms with Gasteiger partial charge in [0.05, 0.1) is 40.6 Å². The molecule has 4 atom stereocenters. The number of nitrogen functional groups attached to an aromatic ring is 1. The molecule has 11 nitrogen and oxygen atoms in total. The van der Waals surface area contributed by atoms with Gasteiger partial charge >= 0.3 is 0 Å². The second-order valence-electron chi connectivity index (χ2n) is 12.9. The summed E-state index contributed by atoms with van der Waals surface area (Å²) in [5.41, 5.74) is 10.0. The lowest BCUT2D eigenvalue weighted by molar-refractivity contribution is 0.232. The third-order valence-corrected chi connectivity index (χ3v) is 11.2. The van der Waals surface area contributed by atoms with Gasteiger partial charge in [-0.1, -0.05) is 5.16 Å². The molecule has 1 fully saturated rings. The van der Waals surface area contributed by atoms with Crippen LogP contribution in [0.15, 0.2) is 10.7 Å². The fourth-order valence-corrected chi connectivity index (χ4v) is 9.23. The van der Waals surface area contributed by atoms with Crippen LogP contribution < -0.4 is 10.6 Å². The van der Waals surface area contributed by atoms with Crippen LogP contribution in [0, 0.1) is 28.6 Å². The number of likely N-dealkylation sites (tertiary alicyclic amines) is 1. The Morgan fingerprint density at radius 1 is 1.20 bits per heavy atom. The van der Waals surface area contributed by atoms with E-state index >= 15 is 0 Å². The maximum atomic E-state index is 10.1. The molecule has 1 saturated heterocycles. The predicted molar refractivity (Wildman–Crippen MR) is 169 cm³/mol. The molecule has 4 aromatic heterocycles. The van der Waals surface area contributed by atoms with Crippen LogP contribution in [0.3, 0.4) is 0 Å². The van der Waals surface area contributed by atoms with E-state index in [2.05, 4.69) is 36.2 Å². The van der Waals surface area contributed by atoms with Gasteiger partial charge in [-0.05, 0) is 84.4 Å². The molecule has 2 N–H and O–H groups in total.